The number of hydrogen-bond acceptors (Lipinski definition) is 4. The third-order valence-corrected chi connectivity index (χ3v) is 2.76. The average Bonchev–Trinajstić information content (AvgIpc) is 3.11. The maximum absolute atomic E-state index is 11.6. The lowest BCUT2D eigenvalue weighted by atomic mass is 10.2. The summed E-state index contributed by atoms with van der Waals surface area (Å²) in [6.07, 6.45) is 4.55. The molecule has 1 fully saturated rings. The second kappa shape index (κ2) is 7.11. The fraction of sp³-hybridized carbons (Fsp3) is 0.818. The largest absolute Gasteiger partial charge is 0.409 e. The molecule has 1 unspecified atom stereocenters. The van der Waals surface area contributed by atoms with Crippen molar-refractivity contribution in [1.29, 1.82) is 0 Å². The van der Waals surface area contributed by atoms with E-state index in [1.165, 1.54) is 0 Å². The van der Waals surface area contributed by atoms with Gasteiger partial charge in [0.25, 0.3) is 0 Å². The maximum Gasteiger partial charge on any atom is 0.237 e. The van der Waals surface area contributed by atoms with E-state index >= 15 is 0 Å². The SMILES string of the molecule is CC(NCCCCC(N)=NO)C(=O)NC1CC1. The minimum atomic E-state index is -0.153. The maximum atomic E-state index is 11.6. The van der Waals surface area contributed by atoms with Crippen LogP contribution < -0.4 is 16.4 Å². The molecule has 1 rings (SSSR count). The van der Waals surface area contributed by atoms with Crippen LogP contribution in [0.2, 0.25) is 0 Å². The summed E-state index contributed by atoms with van der Waals surface area (Å²) < 4.78 is 0. The monoisotopic (exact) mass is 242 g/mol. The van der Waals surface area contributed by atoms with Crippen LogP contribution in [0.5, 0.6) is 0 Å². The summed E-state index contributed by atoms with van der Waals surface area (Å²) in [5.41, 5.74) is 5.34. The highest BCUT2D eigenvalue weighted by molar-refractivity contribution is 5.81. The van der Waals surface area contributed by atoms with Gasteiger partial charge in [0.1, 0.15) is 5.84 Å². The minimum absolute atomic E-state index is 0.0731. The van der Waals surface area contributed by atoms with Crippen molar-refractivity contribution in [3.8, 4) is 0 Å². The van der Waals surface area contributed by atoms with E-state index in [0.717, 1.165) is 32.2 Å². The number of oxime groups is 1. The van der Waals surface area contributed by atoms with E-state index < -0.39 is 0 Å². The average molecular weight is 242 g/mol. The molecule has 1 atom stereocenters. The molecule has 17 heavy (non-hydrogen) atoms. The number of nitrogens with one attached hydrogen (secondary N) is 2. The first kappa shape index (κ1) is 13.8. The number of carbonyl (C=O) groups is 1. The van der Waals surface area contributed by atoms with Crippen LogP contribution in [-0.4, -0.2) is 35.6 Å². The van der Waals surface area contributed by atoms with Gasteiger partial charge in [-0.1, -0.05) is 5.16 Å². The van der Waals surface area contributed by atoms with Crippen LogP contribution in [0.15, 0.2) is 5.16 Å². The molecule has 0 aromatic carbocycles. The molecular weight excluding hydrogens is 220 g/mol. The number of unbranched alkanes of at least 4 members (excludes halogenated alkanes) is 1. The topological polar surface area (TPSA) is 99.7 Å². The van der Waals surface area contributed by atoms with Crippen molar-refractivity contribution in [2.75, 3.05) is 6.54 Å². The van der Waals surface area contributed by atoms with Gasteiger partial charge in [-0.3, -0.25) is 4.79 Å². The smallest absolute Gasteiger partial charge is 0.237 e. The van der Waals surface area contributed by atoms with Crippen LogP contribution in [-0.2, 0) is 4.79 Å². The Morgan fingerprint density at radius 2 is 2.24 bits per heavy atom. The van der Waals surface area contributed by atoms with Gasteiger partial charge in [-0.15, -0.1) is 0 Å². The van der Waals surface area contributed by atoms with Gasteiger partial charge in [-0.2, -0.15) is 0 Å². The number of amidine groups is 1. The summed E-state index contributed by atoms with van der Waals surface area (Å²) in [5.74, 6) is 0.327. The Hall–Kier alpha value is -1.30. The second-order valence-corrected chi connectivity index (χ2v) is 4.51. The van der Waals surface area contributed by atoms with Crippen LogP contribution in [0.4, 0.5) is 0 Å². The van der Waals surface area contributed by atoms with Crippen molar-refractivity contribution in [2.45, 2.75) is 51.1 Å². The lowest BCUT2D eigenvalue weighted by molar-refractivity contribution is -0.122. The van der Waals surface area contributed by atoms with Crippen molar-refractivity contribution < 1.29 is 10.0 Å². The molecule has 1 amide bonds. The van der Waals surface area contributed by atoms with Crippen molar-refractivity contribution in [2.24, 2.45) is 10.9 Å². The number of hydrogen-bond donors (Lipinski definition) is 4. The summed E-state index contributed by atoms with van der Waals surface area (Å²) in [4.78, 5) is 11.6. The van der Waals surface area contributed by atoms with E-state index in [9.17, 15) is 4.79 Å². The third-order valence-electron chi connectivity index (χ3n) is 2.76. The summed E-state index contributed by atoms with van der Waals surface area (Å²) in [6, 6.07) is 0.256. The molecule has 5 N–H and O–H groups in total. The van der Waals surface area contributed by atoms with E-state index in [2.05, 4.69) is 15.8 Å². The van der Waals surface area contributed by atoms with Gasteiger partial charge in [-0.25, -0.2) is 0 Å². The van der Waals surface area contributed by atoms with Crippen LogP contribution >= 0.6 is 0 Å². The zero-order valence-electron chi connectivity index (χ0n) is 10.3. The Balaban J connectivity index is 1.99. The first-order valence-corrected chi connectivity index (χ1v) is 6.13. The lowest BCUT2D eigenvalue weighted by Crippen LogP contribution is -2.43. The second-order valence-electron chi connectivity index (χ2n) is 4.51. The van der Waals surface area contributed by atoms with E-state index in [4.69, 9.17) is 10.9 Å². The molecule has 0 aromatic rings. The normalized spacial score (nSPS) is 17.8. The lowest BCUT2D eigenvalue weighted by Gasteiger charge is -2.13. The molecule has 1 saturated carbocycles. The molecule has 0 bridgehead atoms. The fourth-order valence-electron chi connectivity index (χ4n) is 1.45. The van der Waals surface area contributed by atoms with Gasteiger partial charge in [0, 0.05) is 12.5 Å². The predicted molar refractivity (Wildman–Crippen MR) is 65.9 cm³/mol. The van der Waals surface area contributed by atoms with Crippen LogP contribution in [0.1, 0.15) is 39.0 Å². The van der Waals surface area contributed by atoms with Crippen molar-refractivity contribution in [3.05, 3.63) is 0 Å². The third kappa shape index (κ3) is 6.11. The predicted octanol–water partition coefficient (Wildman–Crippen LogP) is 0.160. The Bertz CT molecular complexity index is 277. The molecule has 1 aliphatic carbocycles. The van der Waals surface area contributed by atoms with Gasteiger partial charge >= 0.3 is 0 Å². The highest BCUT2D eigenvalue weighted by Gasteiger charge is 2.25. The number of nitrogens with zero attached hydrogens (tertiary/aromatic N) is 1. The first-order chi connectivity index (χ1) is 8.13. The minimum Gasteiger partial charge on any atom is -0.409 e. The Morgan fingerprint density at radius 3 is 2.82 bits per heavy atom. The highest BCUT2D eigenvalue weighted by Crippen LogP contribution is 2.18. The summed E-state index contributed by atoms with van der Waals surface area (Å²) in [6.45, 7) is 2.62. The van der Waals surface area contributed by atoms with Crippen molar-refractivity contribution in [1.82, 2.24) is 10.6 Å². The number of rotatable bonds is 8. The standard InChI is InChI=1S/C11H22N4O2/c1-8(11(16)14-9-5-6-9)13-7-3-2-4-10(12)15-17/h8-9,13,17H,2-7H2,1H3,(H2,12,15)(H,14,16). The Morgan fingerprint density at radius 1 is 1.53 bits per heavy atom. The summed E-state index contributed by atoms with van der Waals surface area (Å²) in [7, 11) is 0. The van der Waals surface area contributed by atoms with E-state index in [-0.39, 0.29) is 17.8 Å². The fourth-order valence-corrected chi connectivity index (χ4v) is 1.45. The quantitative estimate of drug-likeness (QED) is 0.160. The van der Waals surface area contributed by atoms with E-state index in [1.54, 1.807) is 0 Å². The van der Waals surface area contributed by atoms with Gasteiger partial charge in [-0.05, 0) is 39.2 Å². The molecule has 0 heterocycles. The molecular formula is C11H22N4O2. The zero-order chi connectivity index (χ0) is 12.7. The molecule has 0 saturated heterocycles. The van der Waals surface area contributed by atoms with Crippen molar-refractivity contribution >= 4 is 11.7 Å². The zero-order valence-corrected chi connectivity index (χ0v) is 10.3. The molecule has 6 heteroatoms. The van der Waals surface area contributed by atoms with Gasteiger partial charge < -0.3 is 21.6 Å². The Labute approximate surface area is 102 Å². The number of carbonyl (C=O) groups excluding carboxylic acids is 1. The molecule has 0 radical (unpaired) electrons. The number of amides is 1. The van der Waals surface area contributed by atoms with Crippen molar-refractivity contribution in [3.63, 3.8) is 0 Å². The molecule has 0 aliphatic heterocycles. The van der Waals surface area contributed by atoms with Gasteiger partial charge in [0.15, 0.2) is 0 Å². The van der Waals surface area contributed by atoms with E-state index in [0.29, 0.717) is 12.5 Å². The summed E-state index contributed by atoms with van der Waals surface area (Å²) in [5, 5.41) is 17.3. The molecule has 0 spiro atoms. The molecule has 98 valence electrons. The molecule has 1 aliphatic rings. The van der Waals surface area contributed by atoms with Crippen LogP contribution in [0.3, 0.4) is 0 Å². The summed E-state index contributed by atoms with van der Waals surface area (Å²) >= 11 is 0. The molecule has 6 nitrogen and oxygen atoms in total. The van der Waals surface area contributed by atoms with Gasteiger partial charge in [0.05, 0.1) is 6.04 Å². The Kier molecular flexibility index (Phi) is 5.76. The van der Waals surface area contributed by atoms with Crippen LogP contribution in [0, 0.1) is 0 Å². The van der Waals surface area contributed by atoms with Crippen LogP contribution in [0.25, 0.3) is 0 Å². The van der Waals surface area contributed by atoms with Gasteiger partial charge in [0.2, 0.25) is 5.91 Å². The number of nitrogens with two attached hydrogens (primary N) is 1. The first-order valence-electron chi connectivity index (χ1n) is 6.13. The van der Waals surface area contributed by atoms with E-state index in [1.807, 2.05) is 6.92 Å². The highest BCUT2D eigenvalue weighted by atomic mass is 16.4. The molecule has 0 aromatic heterocycles.